The molecule has 1 heterocycles. The smallest absolute Gasteiger partial charge is 0.482 e. The van der Waals surface area contributed by atoms with E-state index in [4.69, 9.17) is 4.74 Å². The number of anilines is 1. The molecule has 1 aromatic rings. The Morgan fingerprint density at radius 1 is 1.31 bits per heavy atom. The van der Waals surface area contributed by atoms with Crippen molar-refractivity contribution in [1.29, 1.82) is 0 Å². The Hall–Kier alpha value is -0.0187. The van der Waals surface area contributed by atoms with Gasteiger partial charge in [0.15, 0.2) is 6.61 Å². The minimum Gasteiger partial charge on any atom is -0.482 e. The van der Waals surface area contributed by atoms with E-state index in [0.717, 1.165) is 12.1 Å². The summed E-state index contributed by atoms with van der Waals surface area (Å²) in [5.74, 6) is -0.187. The van der Waals surface area contributed by atoms with E-state index in [-0.39, 0.29) is 69.4 Å². The van der Waals surface area contributed by atoms with Crippen molar-refractivity contribution in [1.82, 2.24) is 0 Å². The van der Waals surface area contributed by atoms with Crippen LogP contribution in [0.5, 0.6) is 5.75 Å². The van der Waals surface area contributed by atoms with Crippen molar-refractivity contribution >= 4 is 24.0 Å². The zero-order chi connectivity index (χ0) is 11.1. The number of carbonyl (C=O) groups excluding carboxylic acids is 1. The molecular formula is C8H6BF3KNO2. The summed E-state index contributed by atoms with van der Waals surface area (Å²) in [6, 6.07) is 3.03. The van der Waals surface area contributed by atoms with Crippen molar-refractivity contribution in [3.8, 4) is 5.75 Å². The van der Waals surface area contributed by atoms with Crippen LogP contribution in [0.25, 0.3) is 0 Å². The number of hydrogen-bond donors (Lipinski definition) is 1. The third-order valence-electron chi connectivity index (χ3n) is 2.01. The fraction of sp³-hybridized carbons (Fsp3) is 0.125. The van der Waals surface area contributed by atoms with Gasteiger partial charge in [0.25, 0.3) is 5.91 Å². The van der Waals surface area contributed by atoms with Crippen LogP contribution in [0.1, 0.15) is 0 Å². The molecule has 1 amide bonds. The van der Waals surface area contributed by atoms with E-state index >= 15 is 0 Å². The molecule has 2 rings (SSSR count). The second-order valence-corrected chi connectivity index (χ2v) is 3.17. The second kappa shape index (κ2) is 5.09. The SMILES string of the molecule is O=C1COc2ccc([B-](F)(F)F)cc2N1.[K+]. The molecule has 1 aromatic carbocycles. The first kappa shape index (κ1) is 14.0. The molecule has 0 bridgehead atoms. The van der Waals surface area contributed by atoms with Crippen molar-refractivity contribution in [2.24, 2.45) is 0 Å². The second-order valence-electron chi connectivity index (χ2n) is 3.17. The Labute approximate surface area is 132 Å². The van der Waals surface area contributed by atoms with Crippen LogP contribution in [0.4, 0.5) is 18.6 Å². The van der Waals surface area contributed by atoms with E-state index in [1.54, 1.807) is 0 Å². The molecule has 1 N–H and O–H groups in total. The number of fused-ring (bicyclic) bond motifs is 1. The first-order chi connectivity index (χ1) is 6.97. The molecule has 1 aliphatic heterocycles. The van der Waals surface area contributed by atoms with E-state index in [2.05, 4.69) is 5.32 Å². The van der Waals surface area contributed by atoms with E-state index in [1.165, 1.54) is 6.07 Å². The predicted molar refractivity (Wildman–Crippen MR) is 49.3 cm³/mol. The number of benzene rings is 1. The average molecular weight is 255 g/mol. The van der Waals surface area contributed by atoms with Crippen molar-refractivity contribution in [2.45, 2.75) is 0 Å². The average Bonchev–Trinajstić information content (AvgIpc) is 2.15. The van der Waals surface area contributed by atoms with Crippen molar-refractivity contribution in [3.05, 3.63) is 18.2 Å². The molecule has 16 heavy (non-hydrogen) atoms. The van der Waals surface area contributed by atoms with E-state index in [1.807, 2.05) is 0 Å². The third-order valence-corrected chi connectivity index (χ3v) is 2.01. The van der Waals surface area contributed by atoms with E-state index < -0.39 is 18.3 Å². The van der Waals surface area contributed by atoms with Crippen LogP contribution < -0.4 is 66.9 Å². The molecule has 1 aliphatic rings. The molecule has 0 saturated carbocycles. The van der Waals surface area contributed by atoms with Gasteiger partial charge in [0.2, 0.25) is 0 Å². The molecule has 0 aliphatic carbocycles. The minimum atomic E-state index is -5.05. The fourth-order valence-corrected chi connectivity index (χ4v) is 1.30. The fourth-order valence-electron chi connectivity index (χ4n) is 1.30. The summed E-state index contributed by atoms with van der Waals surface area (Å²) in [6.45, 7) is -5.21. The summed E-state index contributed by atoms with van der Waals surface area (Å²) >= 11 is 0. The summed E-state index contributed by atoms with van der Waals surface area (Å²) in [5.41, 5.74) is -0.678. The number of hydrogen-bond acceptors (Lipinski definition) is 2. The Balaban J connectivity index is 0.00000128. The number of carbonyl (C=O) groups is 1. The van der Waals surface area contributed by atoms with Crippen LogP contribution in [-0.2, 0) is 4.79 Å². The molecule has 80 valence electrons. The van der Waals surface area contributed by atoms with Gasteiger partial charge in [-0.2, -0.15) is 0 Å². The summed E-state index contributed by atoms with van der Waals surface area (Å²) in [4.78, 5) is 10.9. The monoisotopic (exact) mass is 255 g/mol. The molecule has 0 spiro atoms. The van der Waals surface area contributed by atoms with Crippen LogP contribution in [0.2, 0.25) is 0 Å². The molecule has 0 unspecified atom stereocenters. The quantitative estimate of drug-likeness (QED) is 0.594. The molecular weight excluding hydrogens is 249 g/mol. The van der Waals surface area contributed by atoms with Gasteiger partial charge in [-0.15, -0.1) is 5.46 Å². The van der Waals surface area contributed by atoms with Crippen LogP contribution >= 0.6 is 0 Å². The maximum atomic E-state index is 12.4. The van der Waals surface area contributed by atoms with Crippen LogP contribution in [-0.4, -0.2) is 19.5 Å². The Morgan fingerprint density at radius 3 is 2.62 bits per heavy atom. The van der Waals surface area contributed by atoms with Gasteiger partial charge in [0.05, 0.1) is 5.69 Å². The van der Waals surface area contributed by atoms with Gasteiger partial charge in [-0.1, -0.05) is 12.1 Å². The summed E-state index contributed by atoms with van der Waals surface area (Å²) in [6.07, 6.45) is 0. The summed E-state index contributed by atoms with van der Waals surface area (Å²) in [7, 11) is 0. The van der Waals surface area contributed by atoms with Gasteiger partial charge >= 0.3 is 58.4 Å². The van der Waals surface area contributed by atoms with Crippen LogP contribution in [0.15, 0.2) is 18.2 Å². The number of amides is 1. The first-order valence-corrected chi connectivity index (χ1v) is 4.23. The summed E-state index contributed by atoms with van der Waals surface area (Å²) in [5, 5.41) is 2.32. The van der Waals surface area contributed by atoms with Gasteiger partial charge in [-0.3, -0.25) is 4.79 Å². The largest absolute Gasteiger partial charge is 1.00 e. The number of nitrogens with one attached hydrogen (secondary N) is 1. The van der Waals surface area contributed by atoms with Gasteiger partial charge in [-0.05, 0) is 6.07 Å². The zero-order valence-corrected chi connectivity index (χ0v) is 11.6. The van der Waals surface area contributed by atoms with E-state index in [0.29, 0.717) is 0 Å². The van der Waals surface area contributed by atoms with Crippen molar-refractivity contribution in [2.75, 3.05) is 11.9 Å². The van der Waals surface area contributed by atoms with E-state index in [9.17, 15) is 17.7 Å². The zero-order valence-electron chi connectivity index (χ0n) is 8.47. The van der Waals surface area contributed by atoms with Crippen LogP contribution in [0.3, 0.4) is 0 Å². The number of halogens is 3. The Morgan fingerprint density at radius 2 is 2.00 bits per heavy atom. The molecule has 3 nitrogen and oxygen atoms in total. The maximum absolute atomic E-state index is 12.4. The molecule has 0 atom stereocenters. The molecule has 0 fully saturated rings. The van der Waals surface area contributed by atoms with Crippen molar-refractivity contribution < 1.29 is 73.9 Å². The molecule has 0 radical (unpaired) electrons. The number of ether oxygens (including phenoxy) is 1. The normalized spacial score (nSPS) is 14.3. The molecule has 0 aromatic heterocycles. The van der Waals surface area contributed by atoms with Gasteiger partial charge in [0, 0.05) is 0 Å². The van der Waals surface area contributed by atoms with Crippen molar-refractivity contribution in [3.63, 3.8) is 0 Å². The first-order valence-electron chi connectivity index (χ1n) is 4.23. The minimum absolute atomic E-state index is 0. The summed E-state index contributed by atoms with van der Waals surface area (Å²) < 4.78 is 42.0. The predicted octanol–water partition coefficient (Wildman–Crippen LogP) is -1.92. The van der Waals surface area contributed by atoms with Gasteiger partial charge < -0.3 is 23.0 Å². The van der Waals surface area contributed by atoms with Crippen LogP contribution in [0, 0.1) is 0 Å². The Bertz CT molecular complexity index is 424. The maximum Gasteiger partial charge on any atom is 1.00 e. The van der Waals surface area contributed by atoms with Gasteiger partial charge in [-0.25, -0.2) is 0 Å². The standard InChI is InChI=1S/C8H6BF3NO2.K/c10-9(11,12)5-1-2-7-6(3-5)13-8(14)4-15-7;/h1-3H,4H2,(H,13,14);/q-1;+1. The van der Waals surface area contributed by atoms with Gasteiger partial charge in [0.1, 0.15) is 5.75 Å². The number of rotatable bonds is 1. The molecule has 0 saturated heterocycles. The topological polar surface area (TPSA) is 38.3 Å². The molecule has 8 heteroatoms. The third kappa shape index (κ3) is 3.01. The Kier molecular flexibility index (Phi) is 4.47.